The average Bonchev–Trinajstić information content (AvgIpc) is 3.77. The van der Waals surface area contributed by atoms with E-state index in [-0.39, 0.29) is 65.6 Å². The number of benzene rings is 1. The number of amides is 6. The van der Waals surface area contributed by atoms with E-state index in [1.54, 1.807) is 17.5 Å². The van der Waals surface area contributed by atoms with Gasteiger partial charge >= 0.3 is 6.18 Å². The minimum absolute atomic E-state index is 0.000480. The van der Waals surface area contributed by atoms with Crippen molar-refractivity contribution in [1.82, 2.24) is 30.1 Å². The Hall–Kier alpha value is -5.45. The maximum atomic E-state index is 13.8. The first-order valence-electron chi connectivity index (χ1n) is 14.9. The monoisotopic (exact) mass is 681 g/mol. The third-order valence-corrected chi connectivity index (χ3v) is 8.71. The highest BCUT2D eigenvalue weighted by molar-refractivity contribution is 7.13. The lowest BCUT2D eigenvalue weighted by molar-refractivity contribution is -0.142. The number of nitrogens with one attached hydrogen (secondary N) is 3. The first-order valence-corrected chi connectivity index (χ1v) is 15.7. The van der Waals surface area contributed by atoms with Gasteiger partial charge in [-0.3, -0.25) is 39.0 Å². The molecule has 6 rings (SSSR count). The molecule has 4 aromatic rings. The molecule has 0 radical (unpaired) electrons. The summed E-state index contributed by atoms with van der Waals surface area (Å²) in [6.07, 6.45) is -3.11. The summed E-state index contributed by atoms with van der Waals surface area (Å²) in [6.45, 7) is 0.193. The summed E-state index contributed by atoms with van der Waals surface area (Å²) in [4.78, 5) is 80.3. The molecule has 2 aliphatic heterocycles. The highest BCUT2D eigenvalue weighted by Gasteiger charge is 2.44. The van der Waals surface area contributed by atoms with E-state index in [4.69, 9.17) is 0 Å². The Labute approximate surface area is 273 Å². The number of rotatable bonds is 10. The van der Waals surface area contributed by atoms with Crippen molar-refractivity contribution in [3.8, 4) is 10.6 Å². The summed E-state index contributed by atoms with van der Waals surface area (Å²) in [7, 11) is 0. The molecule has 17 heteroatoms. The molecule has 0 saturated carbocycles. The summed E-state index contributed by atoms with van der Waals surface area (Å²) in [5, 5.41) is 13.0. The second kappa shape index (κ2) is 13.0. The van der Waals surface area contributed by atoms with Gasteiger partial charge in [0.25, 0.3) is 17.7 Å². The molecule has 248 valence electrons. The van der Waals surface area contributed by atoms with Crippen LogP contribution in [0, 0.1) is 0 Å². The second-order valence-corrected chi connectivity index (χ2v) is 12.1. The van der Waals surface area contributed by atoms with Crippen molar-refractivity contribution in [2.75, 3.05) is 11.9 Å². The topological polar surface area (TPSA) is 172 Å². The summed E-state index contributed by atoms with van der Waals surface area (Å²) in [5.41, 5.74) is -0.846. The molecule has 5 heterocycles. The van der Waals surface area contributed by atoms with Crippen LogP contribution in [-0.2, 0) is 20.6 Å². The maximum absolute atomic E-state index is 13.8. The number of hydrogen-bond donors (Lipinski definition) is 3. The lowest BCUT2D eigenvalue weighted by Crippen LogP contribution is -2.54. The number of imide groups is 2. The van der Waals surface area contributed by atoms with Crippen LogP contribution in [-0.4, -0.2) is 67.5 Å². The van der Waals surface area contributed by atoms with Gasteiger partial charge in [0, 0.05) is 31.1 Å². The average molecular weight is 682 g/mol. The minimum Gasteiger partial charge on any atom is -0.351 e. The molecule has 1 atom stereocenters. The van der Waals surface area contributed by atoms with Crippen molar-refractivity contribution in [2.24, 2.45) is 0 Å². The minimum atomic E-state index is -4.73. The number of halogens is 3. The number of hydrogen-bond acceptors (Lipinski definition) is 9. The van der Waals surface area contributed by atoms with Gasteiger partial charge in [0.1, 0.15) is 6.04 Å². The van der Waals surface area contributed by atoms with Gasteiger partial charge in [0.2, 0.25) is 17.7 Å². The molecular weight excluding hydrogens is 655 g/mol. The Morgan fingerprint density at radius 1 is 1.00 bits per heavy atom. The molecule has 0 spiro atoms. The van der Waals surface area contributed by atoms with Crippen LogP contribution in [0.4, 0.5) is 18.9 Å². The van der Waals surface area contributed by atoms with E-state index < -0.39 is 47.4 Å². The van der Waals surface area contributed by atoms with Crippen LogP contribution in [0.3, 0.4) is 0 Å². The number of thiophene rings is 1. The molecule has 6 amide bonds. The van der Waals surface area contributed by atoms with E-state index in [0.29, 0.717) is 28.7 Å². The number of carbonyl (C=O) groups is 6. The Morgan fingerprint density at radius 2 is 1.79 bits per heavy atom. The van der Waals surface area contributed by atoms with Gasteiger partial charge in [-0.2, -0.15) is 18.3 Å². The van der Waals surface area contributed by atoms with Gasteiger partial charge in [-0.15, -0.1) is 11.3 Å². The second-order valence-electron chi connectivity index (χ2n) is 11.1. The normalized spacial score (nSPS) is 16.3. The van der Waals surface area contributed by atoms with Crippen molar-refractivity contribution in [2.45, 2.75) is 50.7 Å². The number of anilines is 1. The first-order chi connectivity index (χ1) is 22.9. The standard InChI is InChI=1S/C31H26F3N7O6S/c32-31(33,34)23-14-19(22-5-4-12-48-22)37-24-15-20(39-41(23)24)27(44)35-11-3-1-2-6-25(42)36-16-7-8-17-18(13-16)30(47)40(29(17)46)21-9-10-26(43)38-28(21)45/h4-5,7-8,12-15,21H,1-3,6,9-11H2,(H,35,44)(H,36,42)(H,38,43,45). The number of unbranched alkanes of at least 4 members (excludes halogenated alkanes) is 2. The number of piperidine rings is 1. The van der Waals surface area contributed by atoms with Gasteiger partial charge in [0.15, 0.2) is 17.0 Å². The highest BCUT2D eigenvalue weighted by atomic mass is 32.1. The molecule has 3 aromatic heterocycles. The molecule has 1 fully saturated rings. The van der Waals surface area contributed by atoms with E-state index in [9.17, 15) is 41.9 Å². The van der Waals surface area contributed by atoms with E-state index in [1.807, 2.05) is 0 Å². The summed E-state index contributed by atoms with van der Waals surface area (Å²) in [6, 6.07) is 8.57. The molecule has 1 unspecified atom stereocenters. The van der Waals surface area contributed by atoms with Crippen LogP contribution in [0.1, 0.15) is 75.4 Å². The van der Waals surface area contributed by atoms with Crippen molar-refractivity contribution >= 4 is 58.1 Å². The van der Waals surface area contributed by atoms with Crippen molar-refractivity contribution in [3.05, 3.63) is 70.4 Å². The lowest BCUT2D eigenvalue weighted by Gasteiger charge is -2.27. The molecule has 1 saturated heterocycles. The summed E-state index contributed by atoms with van der Waals surface area (Å²) >= 11 is 1.24. The number of nitrogens with zero attached hydrogens (tertiary/aromatic N) is 4. The van der Waals surface area contributed by atoms with Gasteiger partial charge in [-0.25, -0.2) is 9.50 Å². The quantitative estimate of drug-likeness (QED) is 0.168. The third-order valence-electron chi connectivity index (χ3n) is 7.81. The molecule has 0 bridgehead atoms. The smallest absolute Gasteiger partial charge is 0.351 e. The Morgan fingerprint density at radius 3 is 2.52 bits per heavy atom. The zero-order valence-corrected chi connectivity index (χ0v) is 25.7. The molecule has 48 heavy (non-hydrogen) atoms. The van der Waals surface area contributed by atoms with E-state index in [0.717, 1.165) is 11.0 Å². The van der Waals surface area contributed by atoms with Gasteiger partial charge < -0.3 is 10.6 Å². The number of carbonyl (C=O) groups excluding carboxylic acids is 6. The predicted octanol–water partition coefficient (Wildman–Crippen LogP) is 3.81. The maximum Gasteiger partial charge on any atom is 0.433 e. The van der Waals surface area contributed by atoms with Crippen LogP contribution in [0.25, 0.3) is 16.2 Å². The van der Waals surface area contributed by atoms with E-state index in [2.05, 4.69) is 26.0 Å². The van der Waals surface area contributed by atoms with E-state index >= 15 is 0 Å². The Balaban J connectivity index is 0.975. The van der Waals surface area contributed by atoms with Crippen molar-refractivity contribution in [1.29, 1.82) is 0 Å². The van der Waals surface area contributed by atoms with Crippen LogP contribution in [0.5, 0.6) is 0 Å². The summed E-state index contributed by atoms with van der Waals surface area (Å²) in [5.74, 6) is -3.54. The summed E-state index contributed by atoms with van der Waals surface area (Å²) < 4.78 is 41.9. The SMILES string of the molecule is O=C1CCC(N2C(=O)c3ccc(NC(=O)CCCCCNC(=O)c4cc5nc(-c6cccs6)cc(C(F)(F)F)n5n4)cc3C2=O)C(=O)N1. The number of alkyl halides is 3. The highest BCUT2D eigenvalue weighted by Crippen LogP contribution is 2.34. The Bertz CT molecular complexity index is 1970. The van der Waals surface area contributed by atoms with Crippen LogP contribution >= 0.6 is 11.3 Å². The Kier molecular flexibility index (Phi) is 8.79. The van der Waals surface area contributed by atoms with Crippen molar-refractivity contribution < 1.29 is 41.9 Å². The predicted molar refractivity (Wildman–Crippen MR) is 164 cm³/mol. The zero-order valence-electron chi connectivity index (χ0n) is 24.9. The van der Waals surface area contributed by atoms with Crippen molar-refractivity contribution in [3.63, 3.8) is 0 Å². The molecular formula is C31H26F3N7O6S. The van der Waals surface area contributed by atoms with Gasteiger partial charge in [-0.05, 0) is 55.0 Å². The molecule has 0 aliphatic carbocycles. The van der Waals surface area contributed by atoms with Crippen LogP contribution in [0.2, 0.25) is 0 Å². The fourth-order valence-electron chi connectivity index (χ4n) is 5.49. The number of aromatic nitrogens is 3. The first kappa shape index (κ1) is 32.5. The largest absolute Gasteiger partial charge is 0.433 e. The van der Waals surface area contributed by atoms with Crippen LogP contribution in [0.15, 0.2) is 47.8 Å². The van der Waals surface area contributed by atoms with Gasteiger partial charge in [0.05, 0.1) is 21.7 Å². The fourth-order valence-corrected chi connectivity index (χ4v) is 6.18. The number of fused-ring (bicyclic) bond motifs is 2. The van der Waals surface area contributed by atoms with E-state index in [1.165, 1.54) is 35.6 Å². The molecule has 13 nitrogen and oxygen atoms in total. The van der Waals surface area contributed by atoms with Gasteiger partial charge in [-0.1, -0.05) is 12.5 Å². The van der Waals surface area contributed by atoms with Crippen LogP contribution < -0.4 is 16.0 Å². The molecule has 1 aromatic carbocycles. The molecule has 2 aliphatic rings. The molecule has 3 N–H and O–H groups in total. The third kappa shape index (κ3) is 6.53. The zero-order chi connectivity index (χ0) is 34.2. The lowest BCUT2D eigenvalue weighted by atomic mass is 10.0. The fraction of sp³-hybridized carbons (Fsp3) is 0.290.